The Morgan fingerprint density at radius 1 is 1.17 bits per heavy atom. The molecule has 0 aromatic heterocycles. The number of piperidine rings is 1. The number of nitrogens with zero attached hydrogens (tertiary/aromatic N) is 1. The van der Waals surface area contributed by atoms with Crippen LogP contribution >= 0.6 is 0 Å². The second kappa shape index (κ2) is 5.88. The molecule has 18 heavy (non-hydrogen) atoms. The molecule has 106 valence electrons. The maximum absolute atomic E-state index is 12.3. The molecule has 1 N–H and O–H groups in total. The van der Waals surface area contributed by atoms with Gasteiger partial charge in [-0.15, -0.1) is 0 Å². The summed E-state index contributed by atoms with van der Waals surface area (Å²) in [5.41, 5.74) is 0. The predicted octanol–water partition coefficient (Wildman–Crippen LogP) is 1.60. The fourth-order valence-corrected chi connectivity index (χ4v) is 5.02. The van der Waals surface area contributed by atoms with Gasteiger partial charge in [-0.3, -0.25) is 0 Å². The summed E-state index contributed by atoms with van der Waals surface area (Å²) in [6.45, 7) is 3.12. The van der Waals surface area contributed by atoms with Crippen LogP contribution in [0.25, 0.3) is 0 Å². The number of hydrogen-bond donors (Lipinski definition) is 1. The molecule has 1 saturated heterocycles. The van der Waals surface area contributed by atoms with Gasteiger partial charge in [-0.25, -0.2) is 8.42 Å². The fourth-order valence-electron chi connectivity index (χ4n) is 3.07. The number of aliphatic hydroxyl groups is 1. The SMILES string of the molecule is CC1CCC(CS(=O)(=O)N2CCC[C@@H](O)C2)CC1. The highest BCUT2D eigenvalue weighted by Crippen LogP contribution is 2.30. The molecule has 2 rings (SSSR count). The fraction of sp³-hybridized carbons (Fsp3) is 1.00. The van der Waals surface area contributed by atoms with Crippen LogP contribution in [0.3, 0.4) is 0 Å². The molecule has 0 aromatic carbocycles. The highest BCUT2D eigenvalue weighted by Gasteiger charge is 2.31. The molecule has 4 nitrogen and oxygen atoms in total. The van der Waals surface area contributed by atoms with Crippen LogP contribution in [0, 0.1) is 11.8 Å². The summed E-state index contributed by atoms with van der Waals surface area (Å²) in [7, 11) is -3.16. The Bertz CT molecular complexity index is 360. The number of hydrogen-bond acceptors (Lipinski definition) is 3. The molecule has 2 aliphatic rings. The average molecular weight is 275 g/mol. The van der Waals surface area contributed by atoms with Crippen molar-refractivity contribution in [2.45, 2.75) is 51.6 Å². The largest absolute Gasteiger partial charge is 0.392 e. The van der Waals surface area contributed by atoms with Gasteiger partial charge in [0.2, 0.25) is 10.0 Å². The molecule has 0 spiro atoms. The molecule has 5 heteroatoms. The van der Waals surface area contributed by atoms with E-state index < -0.39 is 16.1 Å². The van der Waals surface area contributed by atoms with Crippen LogP contribution in [-0.2, 0) is 10.0 Å². The van der Waals surface area contributed by atoms with Crippen LogP contribution in [0.4, 0.5) is 0 Å². The van der Waals surface area contributed by atoms with Crippen molar-refractivity contribution in [2.75, 3.05) is 18.8 Å². The summed E-state index contributed by atoms with van der Waals surface area (Å²) in [5.74, 6) is 1.36. The van der Waals surface area contributed by atoms with Crippen LogP contribution in [0.1, 0.15) is 45.4 Å². The minimum atomic E-state index is -3.16. The van der Waals surface area contributed by atoms with E-state index in [1.165, 1.54) is 4.31 Å². The van der Waals surface area contributed by atoms with E-state index in [2.05, 4.69) is 6.92 Å². The van der Waals surface area contributed by atoms with Crippen LogP contribution in [-0.4, -0.2) is 42.8 Å². The Hall–Kier alpha value is -0.130. The average Bonchev–Trinajstić information content (AvgIpc) is 2.32. The minimum absolute atomic E-state index is 0.284. The third-order valence-corrected chi connectivity index (χ3v) is 6.35. The minimum Gasteiger partial charge on any atom is -0.392 e. The van der Waals surface area contributed by atoms with Crippen molar-refractivity contribution in [3.8, 4) is 0 Å². The highest BCUT2D eigenvalue weighted by atomic mass is 32.2. The van der Waals surface area contributed by atoms with E-state index in [-0.39, 0.29) is 5.75 Å². The summed E-state index contributed by atoms with van der Waals surface area (Å²) < 4.78 is 26.1. The molecule has 0 aromatic rings. The van der Waals surface area contributed by atoms with Crippen molar-refractivity contribution in [2.24, 2.45) is 11.8 Å². The number of aliphatic hydroxyl groups excluding tert-OH is 1. The second-order valence-electron chi connectivity index (χ2n) is 6.06. The first-order chi connectivity index (χ1) is 8.47. The molecule has 2 fully saturated rings. The molecule has 1 saturated carbocycles. The predicted molar refractivity (Wildman–Crippen MR) is 71.7 cm³/mol. The van der Waals surface area contributed by atoms with Gasteiger partial charge in [0.15, 0.2) is 0 Å². The molecule has 1 aliphatic carbocycles. The van der Waals surface area contributed by atoms with Crippen molar-refractivity contribution in [3.05, 3.63) is 0 Å². The molecular formula is C13H25NO3S. The number of sulfonamides is 1. The summed E-state index contributed by atoms with van der Waals surface area (Å²) in [5, 5.41) is 9.58. The molecule has 0 amide bonds. The molecule has 1 heterocycles. The Balaban J connectivity index is 1.90. The first-order valence-corrected chi connectivity index (χ1v) is 8.74. The van der Waals surface area contributed by atoms with E-state index in [9.17, 15) is 13.5 Å². The third-order valence-electron chi connectivity index (χ3n) is 4.33. The number of rotatable bonds is 3. The zero-order valence-electron chi connectivity index (χ0n) is 11.2. The maximum atomic E-state index is 12.3. The number of β-amino-alcohol motifs (C(OH)–C–C–N with tert-alkyl or cyclic N) is 1. The first kappa shape index (κ1) is 14.3. The van der Waals surface area contributed by atoms with Crippen molar-refractivity contribution in [1.82, 2.24) is 4.31 Å². The third kappa shape index (κ3) is 3.68. The lowest BCUT2D eigenvalue weighted by Crippen LogP contribution is -2.44. The Morgan fingerprint density at radius 2 is 1.83 bits per heavy atom. The highest BCUT2D eigenvalue weighted by molar-refractivity contribution is 7.89. The molecule has 0 radical (unpaired) electrons. The zero-order valence-corrected chi connectivity index (χ0v) is 12.0. The van der Waals surface area contributed by atoms with Crippen LogP contribution in [0.2, 0.25) is 0 Å². The van der Waals surface area contributed by atoms with Gasteiger partial charge in [0, 0.05) is 13.1 Å². The summed E-state index contributed by atoms with van der Waals surface area (Å²) >= 11 is 0. The van der Waals surface area contributed by atoms with Crippen molar-refractivity contribution in [1.29, 1.82) is 0 Å². The van der Waals surface area contributed by atoms with Gasteiger partial charge in [0.25, 0.3) is 0 Å². The van der Waals surface area contributed by atoms with Crippen LogP contribution in [0.5, 0.6) is 0 Å². The quantitative estimate of drug-likeness (QED) is 0.851. The lowest BCUT2D eigenvalue weighted by atomic mass is 9.84. The van der Waals surface area contributed by atoms with Gasteiger partial charge in [0.05, 0.1) is 11.9 Å². The Kier molecular flexibility index (Phi) is 4.67. The van der Waals surface area contributed by atoms with Crippen LogP contribution in [0.15, 0.2) is 0 Å². The van der Waals surface area contributed by atoms with Gasteiger partial charge in [0.1, 0.15) is 0 Å². The smallest absolute Gasteiger partial charge is 0.214 e. The van der Waals surface area contributed by atoms with Gasteiger partial charge in [-0.2, -0.15) is 4.31 Å². The Labute approximate surface area is 110 Å². The van der Waals surface area contributed by atoms with Gasteiger partial charge in [-0.05, 0) is 37.5 Å². The monoisotopic (exact) mass is 275 g/mol. The molecular weight excluding hydrogens is 250 g/mol. The zero-order chi connectivity index (χ0) is 13.2. The molecule has 0 bridgehead atoms. The lowest BCUT2D eigenvalue weighted by molar-refractivity contribution is 0.107. The van der Waals surface area contributed by atoms with E-state index in [0.29, 0.717) is 19.0 Å². The molecule has 1 aliphatic heterocycles. The van der Waals surface area contributed by atoms with E-state index >= 15 is 0 Å². The van der Waals surface area contributed by atoms with Gasteiger partial charge < -0.3 is 5.11 Å². The van der Waals surface area contributed by atoms with E-state index in [0.717, 1.165) is 44.4 Å². The van der Waals surface area contributed by atoms with E-state index in [4.69, 9.17) is 0 Å². The van der Waals surface area contributed by atoms with Gasteiger partial charge >= 0.3 is 0 Å². The topological polar surface area (TPSA) is 57.6 Å². The second-order valence-corrected chi connectivity index (χ2v) is 8.07. The van der Waals surface area contributed by atoms with Crippen molar-refractivity contribution in [3.63, 3.8) is 0 Å². The normalized spacial score (nSPS) is 35.6. The maximum Gasteiger partial charge on any atom is 0.214 e. The standard InChI is InChI=1S/C13H25NO3S/c1-11-4-6-12(7-5-11)10-18(16,17)14-8-2-3-13(15)9-14/h11-13,15H,2-10H2,1H3/t11?,12?,13-/m1/s1. The van der Waals surface area contributed by atoms with E-state index in [1.807, 2.05) is 0 Å². The lowest BCUT2D eigenvalue weighted by Gasteiger charge is -2.32. The van der Waals surface area contributed by atoms with Gasteiger partial charge in [-0.1, -0.05) is 19.8 Å². The molecule has 1 atom stereocenters. The summed E-state index contributed by atoms with van der Waals surface area (Å²) in [4.78, 5) is 0. The summed E-state index contributed by atoms with van der Waals surface area (Å²) in [6, 6.07) is 0. The first-order valence-electron chi connectivity index (χ1n) is 7.13. The van der Waals surface area contributed by atoms with Crippen molar-refractivity contribution >= 4 is 10.0 Å². The van der Waals surface area contributed by atoms with Crippen LogP contribution < -0.4 is 0 Å². The summed E-state index contributed by atoms with van der Waals surface area (Å²) in [6.07, 6.45) is 5.42. The Morgan fingerprint density at radius 3 is 2.44 bits per heavy atom. The van der Waals surface area contributed by atoms with E-state index in [1.54, 1.807) is 0 Å². The molecule has 0 unspecified atom stereocenters. The van der Waals surface area contributed by atoms with Crippen molar-refractivity contribution < 1.29 is 13.5 Å².